The van der Waals surface area contributed by atoms with Crippen LogP contribution in [0.2, 0.25) is 5.02 Å². The zero-order valence-corrected chi connectivity index (χ0v) is 16.6. The third kappa shape index (κ3) is 6.99. The van der Waals surface area contributed by atoms with E-state index in [1.165, 1.54) is 0 Å². The van der Waals surface area contributed by atoms with E-state index in [2.05, 4.69) is 32.1 Å². The van der Waals surface area contributed by atoms with Gasteiger partial charge in [0.2, 0.25) is 5.91 Å². The summed E-state index contributed by atoms with van der Waals surface area (Å²) < 4.78 is 5.99. The first-order valence-electron chi connectivity index (χ1n) is 7.44. The number of amides is 2. The molecular weight excluding hydrogens is 442 g/mol. The molecule has 0 saturated carbocycles. The molecule has 26 heavy (non-hydrogen) atoms. The largest absolute Gasteiger partial charge is 0.483 e. The summed E-state index contributed by atoms with van der Waals surface area (Å²) in [6.07, 6.45) is 0.185. The summed E-state index contributed by atoms with van der Waals surface area (Å²) >= 11 is 14.1. The van der Waals surface area contributed by atoms with E-state index in [-0.39, 0.29) is 24.0 Å². The van der Waals surface area contributed by atoms with Crippen LogP contribution in [0.15, 0.2) is 53.0 Å². The molecule has 0 aliphatic carbocycles. The van der Waals surface area contributed by atoms with Crippen LogP contribution in [0, 0.1) is 0 Å². The molecule has 0 unspecified atom stereocenters. The van der Waals surface area contributed by atoms with E-state index in [1.54, 1.807) is 18.2 Å². The number of carbonyl (C=O) groups excluding carboxylic acids is 2. The van der Waals surface area contributed by atoms with Crippen molar-refractivity contribution in [3.63, 3.8) is 0 Å². The van der Waals surface area contributed by atoms with Crippen molar-refractivity contribution < 1.29 is 14.3 Å². The van der Waals surface area contributed by atoms with E-state index in [0.29, 0.717) is 15.2 Å². The standard InChI is InChI=1S/C17H15BrClN3O3S/c18-13-9-12(19)6-7-14(13)25-10-16(24)21-22-17(26)20-15(23)8-11-4-2-1-3-5-11/h1-7,9H,8,10H2,(H,21,24)(H2,20,22,23,26). The lowest BCUT2D eigenvalue weighted by Crippen LogP contribution is -2.49. The maximum atomic E-state index is 11.9. The summed E-state index contributed by atoms with van der Waals surface area (Å²) in [6.45, 7) is -0.242. The fourth-order valence-corrected chi connectivity index (χ4v) is 2.84. The highest BCUT2D eigenvalue weighted by Gasteiger charge is 2.08. The normalized spacial score (nSPS) is 9.92. The van der Waals surface area contributed by atoms with Crippen molar-refractivity contribution in [3.8, 4) is 5.75 Å². The van der Waals surface area contributed by atoms with Gasteiger partial charge in [-0.3, -0.25) is 20.4 Å². The van der Waals surface area contributed by atoms with Crippen LogP contribution in [0.3, 0.4) is 0 Å². The Morgan fingerprint density at radius 2 is 1.81 bits per heavy atom. The van der Waals surface area contributed by atoms with Crippen molar-refractivity contribution in [1.29, 1.82) is 0 Å². The molecule has 0 aliphatic rings. The molecule has 0 heterocycles. The van der Waals surface area contributed by atoms with Gasteiger partial charge in [0, 0.05) is 5.02 Å². The Bertz CT molecular complexity index is 805. The van der Waals surface area contributed by atoms with Crippen LogP contribution >= 0.6 is 39.7 Å². The lowest BCUT2D eigenvalue weighted by molar-refractivity contribution is -0.124. The quantitative estimate of drug-likeness (QED) is 0.476. The van der Waals surface area contributed by atoms with Crippen molar-refractivity contribution in [2.75, 3.05) is 6.61 Å². The SMILES string of the molecule is O=C(COc1ccc(Cl)cc1Br)NNC(=S)NC(=O)Cc1ccccc1. The van der Waals surface area contributed by atoms with Crippen LogP contribution in [0.25, 0.3) is 0 Å². The van der Waals surface area contributed by atoms with Gasteiger partial charge in [-0.15, -0.1) is 0 Å². The molecule has 2 aromatic rings. The van der Waals surface area contributed by atoms with Gasteiger partial charge in [0.15, 0.2) is 11.7 Å². The number of halogens is 2. The molecule has 2 amide bonds. The average Bonchev–Trinajstić information content (AvgIpc) is 2.60. The second-order valence-corrected chi connectivity index (χ2v) is 6.78. The van der Waals surface area contributed by atoms with Gasteiger partial charge in [0.25, 0.3) is 5.91 Å². The maximum absolute atomic E-state index is 11.9. The van der Waals surface area contributed by atoms with Crippen molar-refractivity contribution in [1.82, 2.24) is 16.2 Å². The van der Waals surface area contributed by atoms with Crippen LogP contribution in [0.1, 0.15) is 5.56 Å². The molecule has 0 aromatic heterocycles. The highest BCUT2D eigenvalue weighted by molar-refractivity contribution is 9.10. The Hall–Kier alpha value is -2.16. The summed E-state index contributed by atoms with van der Waals surface area (Å²) in [5, 5.41) is 3.02. The van der Waals surface area contributed by atoms with Gasteiger partial charge in [-0.2, -0.15) is 0 Å². The number of carbonyl (C=O) groups is 2. The smallest absolute Gasteiger partial charge is 0.276 e. The minimum atomic E-state index is -0.466. The van der Waals surface area contributed by atoms with Crippen molar-refractivity contribution in [2.45, 2.75) is 6.42 Å². The van der Waals surface area contributed by atoms with Crippen molar-refractivity contribution >= 4 is 56.7 Å². The van der Waals surface area contributed by atoms with E-state index in [0.717, 1.165) is 5.56 Å². The van der Waals surface area contributed by atoms with Gasteiger partial charge in [0.1, 0.15) is 5.75 Å². The molecule has 0 aliphatic heterocycles. The predicted octanol–water partition coefficient (Wildman–Crippen LogP) is 2.75. The molecule has 9 heteroatoms. The third-order valence-corrected chi connectivity index (χ3v) is 4.09. The summed E-state index contributed by atoms with van der Waals surface area (Å²) in [5.41, 5.74) is 5.65. The van der Waals surface area contributed by atoms with Gasteiger partial charge in [-0.1, -0.05) is 41.9 Å². The number of hydrogen-bond donors (Lipinski definition) is 3. The third-order valence-electron chi connectivity index (χ3n) is 3.03. The Morgan fingerprint density at radius 1 is 1.08 bits per heavy atom. The number of ether oxygens (including phenoxy) is 1. The predicted molar refractivity (Wildman–Crippen MR) is 107 cm³/mol. The van der Waals surface area contributed by atoms with Crippen LogP contribution in [-0.4, -0.2) is 23.5 Å². The molecule has 0 spiro atoms. The summed E-state index contributed by atoms with van der Waals surface area (Å²) in [5.74, 6) is -0.279. The lowest BCUT2D eigenvalue weighted by atomic mass is 10.1. The van der Waals surface area contributed by atoms with E-state index in [4.69, 9.17) is 28.6 Å². The first-order chi connectivity index (χ1) is 12.4. The van der Waals surface area contributed by atoms with Gasteiger partial charge in [-0.25, -0.2) is 0 Å². The minimum absolute atomic E-state index is 0.00745. The summed E-state index contributed by atoms with van der Waals surface area (Å²) in [7, 11) is 0. The number of benzene rings is 2. The monoisotopic (exact) mass is 455 g/mol. The van der Waals surface area contributed by atoms with E-state index >= 15 is 0 Å². The van der Waals surface area contributed by atoms with E-state index in [1.807, 2.05) is 30.3 Å². The van der Waals surface area contributed by atoms with Crippen molar-refractivity contribution in [2.24, 2.45) is 0 Å². The highest BCUT2D eigenvalue weighted by Crippen LogP contribution is 2.27. The number of thiocarbonyl (C=S) groups is 1. The van der Waals surface area contributed by atoms with E-state index in [9.17, 15) is 9.59 Å². The zero-order chi connectivity index (χ0) is 18.9. The Balaban J connectivity index is 1.69. The Morgan fingerprint density at radius 3 is 2.50 bits per heavy atom. The maximum Gasteiger partial charge on any atom is 0.276 e. The number of hydrazine groups is 1. The second kappa shape index (κ2) is 10.1. The topological polar surface area (TPSA) is 79.5 Å². The first kappa shape index (κ1) is 20.2. The van der Waals surface area contributed by atoms with Crippen LogP contribution in [-0.2, 0) is 16.0 Å². The fraction of sp³-hybridized carbons (Fsp3) is 0.118. The van der Waals surface area contributed by atoms with E-state index < -0.39 is 5.91 Å². The molecule has 2 aromatic carbocycles. The average molecular weight is 457 g/mol. The summed E-state index contributed by atoms with van der Waals surface area (Å²) in [4.78, 5) is 23.6. The lowest BCUT2D eigenvalue weighted by Gasteiger charge is -2.12. The molecule has 0 atom stereocenters. The molecule has 0 bridgehead atoms. The van der Waals surface area contributed by atoms with Gasteiger partial charge in [-0.05, 0) is 51.9 Å². The molecule has 0 radical (unpaired) electrons. The molecule has 0 saturated heterocycles. The van der Waals surface area contributed by atoms with Crippen molar-refractivity contribution in [3.05, 3.63) is 63.6 Å². The molecule has 2 rings (SSSR count). The number of nitrogens with one attached hydrogen (secondary N) is 3. The minimum Gasteiger partial charge on any atom is -0.483 e. The Labute approximate surface area is 169 Å². The first-order valence-corrected chi connectivity index (χ1v) is 9.02. The van der Waals surface area contributed by atoms with Crippen LogP contribution < -0.4 is 20.9 Å². The molecule has 136 valence electrons. The molecule has 0 fully saturated rings. The van der Waals surface area contributed by atoms with Crippen LogP contribution in [0.5, 0.6) is 5.75 Å². The summed E-state index contributed by atoms with van der Waals surface area (Å²) in [6, 6.07) is 14.2. The number of rotatable bonds is 5. The molecule has 6 nitrogen and oxygen atoms in total. The highest BCUT2D eigenvalue weighted by atomic mass is 79.9. The fourth-order valence-electron chi connectivity index (χ4n) is 1.88. The molecular formula is C17H15BrClN3O3S. The Kier molecular flexibility index (Phi) is 7.83. The number of hydrogen-bond acceptors (Lipinski definition) is 4. The van der Waals surface area contributed by atoms with Gasteiger partial charge < -0.3 is 10.1 Å². The second-order valence-electron chi connectivity index (χ2n) is 5.08. The molecule has 3 N–H and O–H groups in total. The van der Waals surface area contributed by atoms with Gasteiger partial charge >= 0.3 is 0 Å². The van der Waals surface area contributed by atoms with Crippen LogP contribution in [0.4, 0.5) is 0 Å². The van der Waals surface area contributed by atoms with Gasteiger partial charge in [0.05, 0.1) is 10.9 Å². The zero-order valence-electron chi connectivity index (χ0n) is 13.4.